The number of para-hydroxylation sites is 4. The predicted octanol–water partition coefficient (Wildman–Crippen LogP) is 21.8. The lowest BCUT2D eigenvalue weighted by Crippen LogP contribution is -2.03. The molecule has 20 aromatic rings. The number of benzene rings is 12. The maximum absolute atomic E-state index is 9.33. The van der Waals surface area contributed by atoms with E-state index < -0.39 is 0 Å². The molecule has 1 radical (unpaired) electrons. The van der Waals surface area contributed by atoms with Gasteiger partial charge in [-0.15, -0.1) is 0 Å². The molecule has 0 unspecified atom stereocenters. The van der Waals surface area contributed by atoms with Gasteiger partial charge in [0.05, 0.1) is 68.3 Å². The van der Waals surface area contributed by atoms with E-state index in [2.05, 4.69) is 239 Å². The minimum Gasteiger partial charge on any atom is -0.537 e. The van der Waals surface area contributed by atoms with Crippen molar-refractivity contribution in [3.05, 3.63) is 357 Å². The van der Waals surface area contributed by atoms with E-state index in [1.54, 1.807) is 0 Å². The van der Waals surface area contributed by atoms with Gasteiger partial charge in [0, 0.05) is 93.6 Å². The Bertz CT molecular complexity index is 6570. The summed E-state index contributed by atoms with van der Waals surface area (Å²) in [4.78, 5) is 29.3. The summed E-state index contributed by atoms with van der Waals surface area (Å²) in [6.07, 6.45) is 7.58. The van der Waals surface area contributed by atoms with Crippen LogP contribution in [0, 0.1) is 0 Å². The Balaban J connectivity index is 0.000000122. The van der Waals surface area contributed by atoms with Gasteiger partial charge in [-0.05, 0) is 120 Å². The molecule has 14 heteroatoms. The summed E-state index contributed by atoms with van der Waals surface area (Å²) < 4.78 is 15.5. The maximum atomic E-state index is 9.33. The number of halogens is 1. The number of pyridine rings is 2. The van der Waals surface area contributed by atoms with Crippen molar-refractivity contribution in [2.45, 2.75) is 0 Å². The molecule has 0 bridgehead atoms. The average molecular weight is 1400 g/mol. The molecule has 0 amide bonds. The van der Waals surface area contributed by atoms with E-state index in [9.17, 15) is 5.02 Å². The second-order valence-electron chi connectivity index (χ2n) is 25.1. The van der Waals surface area contributed by atoms with E-state index in [1.807, 2.05) is 152 Å². The van der Waals surface area contributed by atoms with Gasteiger partial charge in [0.15, 0.2) is 11.6 Å². The van der Waals surface area contributed by atoms with Crippen molar-refractivity contribution < 1.29 is 9.68 Å². The van der Waals surface area contributed by atoms with E-state index in [0.717, 1.165) is 121 Å². The van der Waals surface area contributed by atoms with Crippen LogP contribution in [0.2, 0.25) is 0 Å². The molecule has 12 aromatic carbocycles. The lowest BCUT2D eigenvalue weighted by atomic mass is 9.98. The first-order valence-electron chi connectivity index (χ1n) is 34.2. The molecule has 0 fully saturated rings. The van der Waals surface area contributed by atoms with Crippen LogP contribution in [0.1, 0.15) is 0 Å². The number of aromatic nitrogens is 10. The zero-order valence-corrected chi connectivity index (χ0v) is 57.4. The molecule has 0 saturated heterocycles. The Morgan fingerprint density at radius 1 is 0.308 bits per heavy atom. The van der Waals surface area contributed by atoms with Gasteiger partial charge in [0.1, 0.15) is 17.0 Å². The Labute approximate surface area is 606 Å². The molecule has 0 saturated carbocycles. The van der Waals surface area contributed by atoms with Crippen LogP contribution in [0.4, 0.5) is 0 Å². The molecule has 0 atom stereocenters. The fourth-order valence-electron chi connectivity index (χ4n) is 14.6. The van der Waals surface area contributed by atoms with Crippen molar-refractivity contribution in [3.63, 3.8) is 0 Å². The summed E-state index contributed by atoms with van der Waals surface area (Å²) in [6, 6.07) is 112. The number of fused-ring (bicyclic) bond motifs is 12. The van der Waals surface area contributed by atoms with E-state index in [1.165, 1.54) is 38.0 Å². The van der Waals surface area contributed by atoms with Crippen LogP contribution in [0.25, 0.3) is 167 Å². The summed E-state index contributed by atoms with van der Waals surface area (Å²) in [7, 11) is 0.716. The monoisotopic (exact) mass is 1400 g/mol. The standard InChI is InChI=1S/C45H29N5.C28H19BN3O2.C17H11BrN2/c1-4-14-30(15-5-1)43-41(29-47-44(48-43)31-16-6-2-7-17-31)50-38-23-11-10-20-36(38)42-34(21-12-24-40(42)50)32-25-26-39-37(28-32)35-22-13-27-46-45(35)49(39)33-18-8-3-9-19-33;33-29-34-25-17-9-16-23-26(25)21-14-7-8-15-22(21)32(23)24-18-30-28(20-12-5-2-6-13-20)31-27(24)19-10-3-1-4-11-19;18-12-8-9-16-15(11-12)14-7-4-10-19-17(14)20(16)13-5-2-1-3-6-13/h1-29H;1-18,33H;1-11H. The maximum Gasteiger partial charge on any atom is 0.569 e. The van der Waals surface area contributed by atoms with Crippen LogP contribution >= 0.6 is 15.9 Å². The van der Waals surface area contributed by atoms with Gasteiger partial charge in [-0.3, -0.25) is 9.13 Å². The minimum absolute atomic E-state index is 0.582. The fourth-order valence-corrected chi connectivity index (χ4v) is 14.9. The molecule has 491 valence electrons. The second kappa shape index (κ2) is 27.3. The number of hydrogen-bond donors (Lipinski definition) is 1. The van der Waals surface area contributed by atoms with Gasteiger partial charge in [0.25, 0.3) is 0 Å². The molecule has 0 spiro atoms. The highest BCUT2D eigenvalue weighted by Crippen LogP contribution is 2.44. The van der Waals surface area contributed by atoms with Gasteiger partial charge in [-0.25, -0.2) is 29.9 Å². The lowest BCUT2D eigenvalue weighted by Gasteiger charge is -2.14. The van der Waals surface area contributed by atoms with Crippen LogP contribution in [-0.4, -0.2) is 60.9 Å². The topological polar surface area (TPSA) is 127 Å². The summed E-state index contributed by atoms with van der Waals surface area (Å²) in [5, 5.41) is 18.3. The predicted molar refractivity (Wildman–Crippen MR) is 427 cm³/mol. The molecule has 12 nitrogen and oxygen atoms in total. The van der Waals surface area contributed by atoms with Crippen molar-refractivity contribution in [2.75, 3.05) is 0 Å². The normalized spacial score (nSPS) is 11.4. The molecule has 8 aromatic heterocycles. The summed E-state index contributed by atoms with van der Waals surface area (Å²) >= 11 is 3.55. The quantitative estimate of drug-likeness (QED) is 0.127. The van der Waals surface area contributed by atoms with Gasteiger partial charge < -0.3 is 18.8 Å². The van der Waals surface area contributed by atoms with Gasteiger partial charge >= 0.3 is 7.69 Å². The van der Waals surface area contributed by atoms with Crippen molar-refractivity contribution in [2.24, 2.45) is 0 Å². The summed E-state index contributed by atoms with van der Waals surface area (Å²) in [6.45, 7) is 0. The number of hydrogen-bond acceptors (Lipinski definition) is 8. The van der Waals surface area contributed by atoms with Crippen LogP contribution in [0.3, 0.4) is 0 Å². The van der Waals surface area contributed by atoms with Crippen molar-refractivity contribution >= 4 is 111 Å². The Hall–Kier alpha value is -13.4. The van der Waals surface area contributed by atoms with Crippen LogP contribution in [0.15, 0.2) is 357 Å². The van der Waals surface area contributed by atoms with Gasteiger partial charge in [-0.2, -0.15) is 0 Å². The fraction of sp³-hybridized carbons (Fsp3) is 0. The minimum atomic E-state index is 0.582. The molecule has 0 aliphatic heterocycles. The van der Waals surface area contributed by atoms with Gasteiger partial charge in [-0.1, -0.05) is 234 Å². The third-order valence-corrected chi connectivity index (χ3v) is 19.6. The van der Waals surface area contributed by atoms with Crippen molar-refractivity contribution in [3.8, 4) is 84.9 Å². The number of rotatable bonds is 11. The smallest absolute Gasteiger partial charge is 0.537 e. The molecule has 104 heavy (non-hydrogen) atoms. The van der Waals surface area contributed by atoms with Crippen molar-refractivity contribution in [1.82, 2.24) is 48.2 Å². The first-order valence-corrected chi connectivity index (χ1v) is 35.0. The number of nitrogens with zero attached hydrogens (tertiary/aromatic N) is 10. The van der Waals surface area contributed by atoms with Crippen LogP contribution < -0.4 is 4.65 Å². The summed E-state index contributed by atoms with van der Waals surface area (Å²) in [5.41, 5.74) is 20.5. The second-order valence-corrected chi connectivity index (χ2v) is 26.0. The van der Waals surface area contributed by atoms with E-state index in [4.69, 9.17) is 29.6 Å². The molecule has 0 aliphatic carbocycles. The van der Waals surface area contributed by atoms with Crippen molar-refractivity contribution in [1.29, 1.82) is 0 Å². The Morgan fingerprint density at radius 3 is 1.22 bits per heavy atom. The van der Waals surface area contributed by atoms with E-state index >= 15 is 0 Å². The third-order valence-electron chi connectivity index (χ3n) is 19.1. The SMILES string of the molecule is Brc1ccc2c(c1)c1cccnc1n2-c1ccccc1.O[B]Oc1cccc2c1c1ccccc1n2-c1cnc(-c2ccccc2)nc1-c1ccccc1.c1ccc(-c2ncc(-n3c4ccccc4c4c(-c5ccc6c(c5)c5cccnc5n6-c5ccccc5)cccc43)c(-c3ccccc3)n2)cc1. The summed E-state index contributed by atoms with van der Waals surface area (Å²) in [5.74, 6) is 1.95. The molecule has 0 aliphatic rings. The van der Waals surface area contributed by atoms with Gasteiger partial charge in [0.2, 0.25) is 0 Å². The largest absolute Gasteiger partial charge is 0.569 e. The van der Waals surface area contributed by atoms with Crippen LogP contribution in [0.5, 0.6) is 5.75 Å². The molecule has 20 rings (SSSR count). The lowest BCUT2D eigenvalue weighted by molar-refractivity contribution is 0.457. The highest BCUT2D eigenvalue weighted by Gasteiger charge is 2.24. The van der Waals surface area contributed by atoms with E-state index in [0.29, 0.717) is 25.1 Å². The first kappa shape index (κ1) is 62.8. The van der Waals surface area contributed by atoms with E-state index in [-0.39, 0.29) is 0 Å². The molecular formula is C90H59BBrN10O2. The third kappa shape index (κ3) is 11.3. The highest BCUT2D eigenvalue weighted by molar-refractivity contribution is 9.10. The van der Waals surface area contributed by atoms with Crippen LogP contribution in [-0.2, 0) is 0 Å². The molecule has 8 heterocycles. The molecule has 1 N–H and O–H groups in total. The Morgan fingerprint density at radius 2 is 0.712 bits per heavy atom. The Kier molecular flexibility index (Phi) is 16.5. The highest BCUT2D eigenvalue weighted by atomic mass is 79.9. The zero-order chi connectivity index (χ0) is 69.5. The average Bonchev–Trinajstić information content (AvgIpc) is 1.58. The first-order chi connectivity index (χ1) is 51.5. The molecular weight excluding hydrogens is 1340 g/mol. The zero-order valence-electron chi connectivity index (χ0n) is 55.8.